The van der Waals surface area contributed by atoms with Gasteiger partial charge >= 0.3 is 6.18 Å². The van der Waals surface area contributed by atoms with E-state index in [9.17, 15) is 26.4 Å². The topological polar surface area (TPSA) is 99.3 Å². The van der Waals surface area contributed by atoms with Crippen molar-refractivity contribution < 1.29 is 26.7 Å². The van der Waals surface area contributed by atoms with Crippen LogP contribution >= 0.6 is 0 Å². The molecule has 0 fully saturated rings. The van der Waals surface area contributed by atoms with Gasteiger partial charge in [-0.3, -0.25) is 9.52 Å². The molecule has 1 aromatic heterocycles. The van der Waals surface area contributed by atoms with Gasteiger partial charge < -0.3 is 10.1 Å². The first kappa shape index (κ1) is 19.9. The molecule has 3 N–H and O–H groups in total. The van der Waals surface area contributed by atoms with E-state index in [1.54, 1.807) is 12.1 Å². The largest absolute Gasteiger partial charge is 0.417 e. The Kier molecular flexibility index (Phi) is 5.18. The number of hydrogen-bond acceptors (Lipinski definition) is 4. The van der Waals surface area contributed by atoms with Crippen LogP contribution in [0.5, 0.6) is 0 Å². The number of nitrogens with one attached hydrogen (secondary N) is 2. The molecule has 1 heterocycles. The summed E-state index contributed by atoms with van der Waals surface area (Å²) in [7, 11) is -4.16. The first-order chi connectivity index (χ1) is 13.1. The molecular formula is C18H15F3N2O4S. The summed E-state index contributed by atoms with van der Waals surface area (Å²) >= 11 is 0. The minimum absolute atomic E-state index is 0.0498. The standard InChI is InChI=1S/C18H15F3N2O4S/c19-18(20,21)15-10-17(25)22-16-6-5-13(9-14(15)16)28(26,27)23-12-3-1-11(2-4-12)7-8-24/h1-6,9-10,23-24H,7-8H2,(H,22,25). The molecule has 0 aliphatic carbocycles. The summed E-state index contributed by atoms with van der Waals surface area (Å²) in [6.45, 7) is -0.0498. The van der Waals surface area contributed by atoms with Gasteiger partial charge in [-0.2, -0.15) is 13.2 Å². The fourth-order valence-corrected chi connectivity index (χ4v) is 3.80. The number of sulfonamides is 1. The number of alkyl halides is 3. The zero-order chi connectivity index (χ0) is 20.5. The van der Waals surface area contributed by atoms with Crippen molar-refractivity contribution in [3.63, 3.8) is 0 Å². The zero-order valence-electron chi connectivity index (χ0n) is 14.2. The highest BCUT2D eigenvalue weighted by Crippen LogP contribution is 2.34. The van der Waals surface area contributed by atoms with Gasteiger partial charge in [0, 0.05) is 29.3 Å². The van der Waals surface area contributed by atoms with Crippen LogP contribution in [0.4, 0.5) is 18.9 Å². The Morgan fingerprint density at radius 3 is 2.32 bits per heavy atom. The van der Waals surface area contributed by atoms with E-state index in [4.69, 9.17) is 5.11 Å². The van der Waals surface area contributed by atoms with E-state index in [0.29, 0.717) is 12.5 Å². The number of aliphatic hydroxyl groups is 1. The Bertz CT molecular complexity index is 1170. The van der Waals surface area contributed by atoms with Crippen LogP contribution in [0.25, 0.3) is 10.9 Å². The number of benzene rings is 2. The second-order valence-corrected chi connectivity index (χ2v) is 7.71. The summed E-state index contributed by atoms with van der Waals surface area (Å²) in [5.41, 5.74) is -1.24. The third-order valence-corrected chi connectivity index (χ3v) is 5.42. The van der Waals surface area contributed by atoms with E-state index in [-0.39, 0.29) is 22.7 Å². The average Bonchev–Trinajstić information content (AvgIpc) is 2.61. The van der Waals surface area contributed by atoms with Gasteiger partial charge in [0.25, 0.3) is 10.0 Å². The first-order valence-electron chi connectivity index (χ1n) is 8.07. The van der Waals surface area contributed by atoms with Crippen LogP contribution in [0.2, 0.25) is 0 Å². The van der Waals surface area contributed by atoms with E-state index < -0.39 is 32.7 Å². The van der Waals surface area contributed by atoms with Gasteiger partial charge in [0.2, 0.25) is 5.56 Å². The summed E-state index contributed by atoms with van der Waals surface area (Å²) in [6, 6.07) is 9.72. The molecule has 0 bridgehead atoms. The van der Waals surface area contributed by atoms with E-state index in [0.717, 1.165) is 23.8 Å². The van der Waals surface area contributed by atoms with E-state index in [2.05, 4.69) is 9.71 Å². The smallest absolute Gasteiger partial charge is 0.396 e. The van der Waals surface area contributed by atoms with Gasteiger partial charge in [0.05, 0.1) is 10.5 Å². The summed E-state index contributed by atoms with van der Waals surface area (Å²) in [5.74, 6) is 0. The molecule has 148 valence electrons. The van der Waals surface area contributed by atoms with E-state index in [1.807, 2.05) is 0 Å². The molecule has 0 saturated heterocycles. The van der Waals surface area contributed by atoms with Crippen LogP contribution in [0, 0.1) is 0 Å². The van der Waals surface area contributed by atoms with Crippen molar-refractivity contribution in [2.45, 2.75) is 17.5 Å². The molecule has 3 aromatic rings. The quantitative estimate of drug-likeness (QED) is 0.600. The monoisotopic (exact) mass is 412 g/mol. The molecule has 6 nitrogen and oxygen atoms in total. The fourth-order valence-electron chi connectivity index (χ4n) is 2.72. The second kappa shape index (κ2) is 7.28. The SMILES string of the molecule is O=c1cc(C(F)(F)F)c2cc(S(=O)(=O)Nc3ccc(CCO)cc3)ccc2[nH]1. The van der Waals surface area contributed by atoms with Crippen LogP contribution in [0.3, 0.4) is 0 Å². The molecule has 3 rings (SSSR count). The number of H-pyrrole nitrogens is 1. The van der Waals surface area contributed by atoms with Crippen molar-refractivity contribution in [2.75, 3.05) is 11.3 Å². The van der Waals surface area contributed by atoms with Gasteiger partial charge in [-0.25, -0.2) is 8.42 Å². The molecule has 0 aliphatic rings. The van der Waals surface area contributed by atoms with Gasteiger partial charge in [-0.05, 0) is 42.3 Å². The zero-order valence-corrected chi connectivity index (χ0v) is 15.1. The van der Waals surface area contributed by atoms with Gasteiger partial charge in [0.1, 0.15) is 0 Å². The molecule has 0 radical (unpaired) electrons. The number of rotatable bonds is 5. The number of halogens is 3. The van der Waals surface area contributed by atoms with Crippen LogP contribution in [0.15, 0.2) is 58.2 Å². The lowest BCUT2D eigenvalue weighted by Crippen LogP contribution is -2.16. The van der Waals surface area contributed by atoms with Crippen LogP contribution < -0.4 is 10.3 Å². The minimum Gasteiger partial charge on any atom is -0.396 e. The number of aromatic amines is 1. The van der Waals surface area contributed by atoms with Crippen molar-refractivity contribution in [1.29, 1.82) is 0 Å². The van der Waals surface area contributed by atoms with Gasteiger partial charge in [-0.1, -0.05) is 12.1 Å². The number of anilines is 1. The van der Waals surface area contributed by atoms with Gasteiger partial charge in [-0.15, -0.1) is 0 Å². The second-order valence-electron chi connectivity index (χ2n) is 6.03. The number of hydrogen-bond donors (Lipinski definition) is 3. The summed E-state index contributed by atoms with van der Waals surface area (Å²) < 4.78 is 67.2. The third kappa shape index (κ3) is 4.18. The lowest BCUT2D eigenvalue weighted by atomic mass is 10.1. The number of pyridine rings is 1. The normalized spacial score (nSPS) is 12.3. The van der Waals surface area contributed by atoms with Crippen LogP contribution in [-0.2, 0) is 22.6 Å². The molecule has 0 spiro atoms. The molecule has 0 saturated carbocycles. The van der Waals surface area contributed by atoms with Crippen molar-refractivity contribution in [3.05, 3.63) is 70.0 Å². The van der Waals surface area contributed by atoms with Crippen molar-refractivity contribution in [3.8, 4) is 0 Å². The molecule has 0 aliphatic heterocycles. The maximum Gasteiger partial charge on any atom is 0.417 e. The van der Waals surface area contributed by atoms with Crippen LogP contribution in [0.1, 0.15) is 11.1 Å². The lowest BCUT2D eigenvalue weighted by molar-refractivity contribution is -0.136. The number of fused-ring (bicyclic) bond motifs is 1. The molecule has 28 heavy (non-hydrogen) atoms. The number of aromatic nitrogens is 1. The Hall–Kier alpha value is -2.85. The highest BCUT2D eigenvalue weighted by molar-refractivity contribution is 7.92. The lowest BCUT2D eigenvalue weighted by Gasteiger charge is -2.12. The Balaban J connectivity index is 2.02. The van der Waals surface area contributed by atoms with E-state index in [1.165, 1.54) is 12.1 Å². The molecule has 0 atom stereocenters. The average molecular weight is 412 g/mol. The third-order valence-electron chi connectivity index (χ3n) is 4.04. The van der Waals surface area contributed by atoms with Crippen molar-refractivity contribution in [2.24, 2.45) is 0 Å². The molecule has 0 unspecified atom stereocenters. The van der Waals surface area contributed by atoms with Gasteiger partial charge in [0.15, 0.2) is 0 Å². The maximum atomic E-state index is 13.2. The molecule has 2 aromatic carbocycles. The number of aliphatic hydroxyl groups excluding tert-OH is 1. The Morgan fingerprint density at radius 2 is 1.71 bits per heavy atom. The molecular weight excluding hydrogens is 397 g/mol. The van der Waals surface area contributed by atoms with E-state index >= 15 is 0 Å². The predicted octanol–water partition coefficient (Wildman–Crippen LogP) is 2.88. The van der Waals surface area contributed by atoms with Crippen molar-refractivity contribution in [1.82, 2.24) is 4.98 Å². The molecule has 10 heteroatoms. The highest BCUT2D eigenvalue weighted by atomic mass is 32.2. The highest BCUT2D eigenvalue weighted by Gasteiger charge is 2.33. The molecule has 0 amide bonds. The Labute approximate surface area is 157 Å². The minimum atomic E-state index is -4.81. The van der Waals surface area contributed by atoms with Crippen LogP contribution in [-0.4, -0.2) is 25.1 Å². The summed E-state index contributed by atoms with van der Waals surface area (Å²) in [6.07, 6.45) is -4.40. The first-order valence-corrected chi connectivity index (χ1v) is 9.55. The Morgan fingerprint density at radius 1 is 1.04 bits per heavy atom. The fraction of sp³-hybridized carbons (Fsp3) is 0.167. The van der Waals surface area contributed by atoms with Crippen molar-refractivity contribution >= 4 is 26.6 Å². The maximum absolute atomic E-state index is 13.2. The predicted molar refractivity (Wildman–Crippen MR) is 97.6 cm³/mol. The summed E-state index contributed by atoms with van der Waals surface area (Å²) in [5, 5.41) is 8.47. The summed E-state index contributed by atoms with van der Waals surface area (Å²) in [4.78, 5) is 13.3.